The van der Waals surface area contributed by atoms with Gasteiger partial charge in [-0.05, 0) is 12.1 Å². The molecule has 0 saturated heterocycles. The number of hydrogen-bond acceptors (Lipinski definition) is 3. The van der Waals surface area contributed by atoms with E-state index in [4.69, 9.17) is 11.6 Å². The van der Waals surface area contributed by atoms with Crippen molar-refractivity contribution in [2.24, 2.45) is 0 Å². The molecule has 0 bridgehead atoms. The maximum Gasteiger partial charge on any atom is 0.238 e. The van der Waals surface area contributed by atoms with E-state index < -0.39 is 0 Å². The third kappa shape index (κ3) is 2.46. The number of aromatic nitrogens is 2. The van der Waals surface area contributed by atoms with Crippen LogP contribution in [0.5, 0.6) is 0 Å². The lowest BCUT2D eigenvalue weighted by Gasteiger charge is -2.33. The van der Waals surface area contributed by atoms with Crippen molar-refractivity contribution in [2.45, 2.75) is 13.8 Å². The maximum atomic E-state index is 11.8. The number of carbonyl (C=O) groups is 2. The number of amides is 2. The van der Waals surface area contributed by atoms with Gasteiger partial charge in [0, 0.05) is 31.0 Å². The Hall–Kier alpha value is -2.34. The maximum absolute atomic E-state index is 11.8. The van der Waals surface area contributed by atoms with Crippen LogP contribution in [-0.2, 0) is 9.59 Å². The van der Waals surface area contributed by atoms with Crippen molar-refractivity contribution in [1.82, 2.24) is 9.66 Å². The lowest BCUT2D eigenvalue weighted by Crippen LogP contribution is -2.51. The first-order chi connectivity index (χ1) is 10.5. The summed E-state index contributed by atoms with van der Waals surface area (Å²) in [6.45, 7) is 3.86. The van der Waals surface area contributed by atoms with Crippen LogP contribution >= 0.6 is 11.6 Å². The van der Waals surface area contributed by atoms with Gasteiger partial charge in [0.1, 0.15) is 0 Å². The Balaban J connectivity index is 2.09. The first kappa shape index (κ1) is 14.6. The summed E-state index contributed by atoms with van der Waals surface area (Å²) >= 11 is 5.90. The Morgan fingerprint density at radius 2 is 1.77 bits per heavy atom. The summed E-state index contributed by atoms with van der Waals surface area (Å²) in [4.78, 5) is 29.7. The summed E-state index contributed by atoms with van der Waals surface area (Å²) in [5, 5.41) is 2.21. The van der Waals surface area contributed by atoms with Crippen LogP contribution in [0.2, 0.25) is 5.02 Å². The number of carbonyl (C=O) groups excluding carboxylic acids is 2. The van der Waals surface area contributed by atoms with Gasteiger partial charge in [-0.3, -0.25) is 14.5 Å². The summed E-state index contributed by atoms with van der Waals surface area (Å²) < 4.78 is 1.64. The van der Waals surface area contributed by atoms with E-state index >= 15 is 0 Å². The summed E-state index contributed by atoms with van der Waals surface area (Å²) in [6, 6.07) is 7.27. The molecule has 7 heteroatoms. The molecule has 0 radical (unpaired) electrons. The van der Waals surface area contributed by atoms with Crippen LogP contribution in [0.25, 0.3) is 11.3 Å². The molecule has 1 aromatic carbocycles. The van der Waals surface area contributed by atoms with Crippen molar-refractivity contribution in [2.75, 3.05) is 23.0 Å². The summed E-state index contributed by atoms with van der Waals surface area (Å²) in [5.74, 6) is 0.265. The zero-order chi connectivity index (χ0) is 15.9. The normalized spacial score (nSPS) is 14.0. The number of fused-ring (bicyclic) bond motifs is 1. The zero-order valence-corrected chi connectivity index (χ0v) is 13.0. The molecule has 0 atom stereocenters. The highest BCUT2D eigenvalue weighted by atomic mass is 35.5. The number of rotatable bonds is 1. The number of benzene rings is 1. The van der Waals surface area contributed by atoms with Crippen LogP contribution in [0.1, 0.15) is 13.8 Å². The van der Waals surface area contributed by atoms with Crippen molar-refractivity contribution in [3.63, 3.8) is 0 Å². The molecule has 0 unspecified atom stereocenters. The van der Waals surface area contributed by atoms with Gasteiger partial charge in [-0.25, -0.2) is 14.7 Å². The Kier molecular flexibility index (Phi) is 3.62. The lowest BCUT2D eigenvalue weighted by atomic mass is 10.2. The molecule has 2 heterocycles. The molecule has 0 aliphatic carbocycles. The van der Waals surface area contributed by atoms with Crippen molar-refractivity contribution in [3.05, 3.63) is 35.5 Å². The highest BCUT2D eigenvalue weighted by Crippen LogP contribution is 2.26. The zero-order valence-electron chi connectivity index (χ0n) is 12.3. The fourth-order valence-corrected chi connectivity index (χ4v) is 2.62. The minimum Gasteiger partial charge on any atom is -0.279 e. The molecule has 2 aromatic rings. The first-order valence-electron chi connectivity index (χ1n) is 6.89. The quantitative estimate of drug-likeness (QED) is 0.808. The largest absolute Gasteiger partial charge is 0.279 e. The lowest BCUT2D eigenvalue weighted by molar-refractivity contribution is -0.119. The predicted octanol–water partition coefficient (Wildman–Crippen LogP) is 2.05. The van der Waals surface area contributed by atoms with Crippen molar-refractivity contribution in [3.8, 4) is 11.3 Å². The SMILES string of the molecule is CC(=O)N1CCN(C(C)=O)n2cc(-c3ccc(Cl)cc3)nc21. The molecule has 1 aliphatic heterocycles. The van der Waals surface area contributed by atoms with Crippen molar-refractivity contribution in [1.29, 1.82) is 0 Å². The van der Waals surface area contributed by atoms with Crippen LogP contribution in [0.15, 0.2) is 30.5 Å². The monoisotopic (exact) mass is 318 g/mol. The molecule has 1 aliphatic rings. The summed E-state index contributed by atoms with van der Waals surface area (Å²) in [5.41, 5.74) is 1.56. The van der Waals surface area contributed by atoms with Gasteiger partial charge in [0.15, 0.2) is 0 Å². The van der Waals surface area contributed by atoms with E-state index in [1.807, 2.05) is 12.1 Å². The fraction of sp³-hybridized carbons (Fsp3) is 0.267. The molecule has 22 heavy (non-hydrogen) atoms. The topological polar surface area (TPSA) is 58.4 Å². The van der Waals surface area contributed by atoms with E-state index in [1.54, 1.807) is 32.9 Å². The second-order valence-electron chi connectivity index (χ2n) is 5.09. The Morgan fingerprint density at radius 1 is 1.09 bits per heavy atom. The number of imidazole rings is 1. The Morgan fingerprint density at radius 3 is 2.36 bits per heavy atom. The van der Waals surface area contributed by atoms with Crippen LogP contribution in [0.4, 0.5) is 5.95 Å². The highest BCUT2D eigenvalue weighted by molar-refractivity contribution is 6.30. The van der Waals surface area contributed by atoms with E-state index in [2.05, 4.69) is 4.98 Å². The van der Waals surface area contributed by atoms with Gasteiger partial charge >= 0.3 is 0 Å². The van der Waals surface area contributed by atoms with E-state index in [-0.39, 0.29) is 11.8 Å². The fourth-order valence-electron chi connectivity index (χ4n) is 2.49. The number of hydrogen-bond donors (Lipinski definition) is 0. The standard InChI is InChI=1S/C15H15ClN4O2/c1-10(21)18-7-8-19(11(2)22)20-9-14(17-15(18)20)12-3-5-13(16)6-4-12/h3-6,9H,7-8H2,1-2H3. The number of nitrogens with zero attached hydrogens (tertiary/aromatic N) is 4. The van der Waals surface area contributed by atoms with E-state index in [0.717, 1.165) is 5.56 Å². The number of halogens is 1. The molecule has 6 nitrogen and oxygen atoms in total. The average Bonchev–Trinajstić information content (AvgIpc) is 2.91. The molecule has 0 spiro atoms. The minimum atomic E-state index is -0.0993. The molecule has 2 amide bonds. The van der Waals surface area contributed by atoms with E-state index in [1.165, 1.54) is 13.8 Å². The van der Waals surface area contributed by atoms with Gasteiger partial charge in [0.25, 0.3) is 0 Å². The summed E-state index contributed by atoms with van der Waals surface area (Å²) in [7, 11) is 0. The second-order valence-corrected chi connectivity index (χ2v) is 5.53. The molecular formula is C15H15ClN4O2. The van der Waals surface area contributed by atoms with Crippen LogP contribution in [0, 0.1) is 0 Å². The van der Waals surface area contributed by atoms with Gasteiger partial charge < -0.3 is 0 Å². The van der Waals surface area contributed by atoms with Crippen LogP contribution < -0.4 is 9.91 Å². The third-order valence-corrected chi connectivity index (χ3v) is 3.84. The van der Waals surface area contributed by atoms with E-state index in [0.29, 0.717) is 29.8 Å². The van der Waals surface area contributed by atoms with Gasteiger partial charge in [0.05, 0.1) is 18.4 Å². The van der Waals surface area contributed by atoms with Crippen molar-refractivity contribution < 1.29 is 9.59 Å². The smallest absolute Gasteiger partial charge is 0.238 e. The van der Waals surface area contributed by atoms with E-state index in [9.17, 15) is 9.59 Å². The van der Waals surface area contributed by atoms with Gasteiger partial charge in [-0.1, -0.05) is 23.7 Å². The molecule has 114 valence electrons. The number of anilines is 1. The first-order valence-corrected chi connectivity index (χ1v) is 7.27. The van der Waals surface area contributed by atoms with Crippen LogP contribution in [-0.4, -0.2) is 34.6 Å². The molecule has 1 aromatic heterocycles. The van der Waals surface area contributed by atoms with Gasteiger partial charge in [-0.15, -0.1) is 0 Å². The molecule has 0 N–H and O–H groups in total. The van der Waals surface area contributed by atoms with Crippen LogP contribution in [0.3, 0.4) is 0 Å². The molecule has 0 fully saturated rings. The molecule has 3 rings (SSSR count). The second kappa shape index (κ2) is 5.46. The molecule has 0 saturated carbocycles. The Bertz CT molecular complexity index is 699. The Labute approximate surface area is 132 Å². The van der Waals surface area contributed by atoms with Crippen molar-refractivity contribution >= 4 is 29.4 Å². The summed E-state index contributed by atoms with van der Waals surface area (Å²) in [6.07, 6.45) is 1.76. The van der Waals surface area contributed by atoms with Gasteiger partial charge in [-0.2, -0.15) is 0 Å². The minimum absolute atomic E-state index is 0.0930. The highest BCUT2D eigenvalue weighted by Gasteiger charge is 2.29. The predicted molar refractivity (Wildman–Crippen MR) is 84.5 cm³/mol. The van der Waals surface area contributed by atoms with Gasteiger partial charge in [0.2, 0.25) is 17.8 Å². The average molecular weight is 319 g/mol. The third-order valence-electron chi connectivity index (χ3n) is 3.59. The molecular weight excluding hydrogens is 304 g/mol.